The first-order valence-corrected chi connectivity index (χ1v) is 9.28. The van der Waals surface area contributed by atoms with Gasteiger partial charge in [0, 0.05) is 35.6 Å². The smallest absolute Gasteiger partial charge is 0.316 e. The molecular formula is C21H22ClN3O3. The number of hydrogen-bond acceptors (Lipinski definition) is 6. The predicted molar refractivity (Wildman–Crippen MR) is 108 cm³/mol. The summed E-state index contributed by atoms with van der Waals surface area (Å²) in [5.74, 6) is 0.540. The number of nitrogens with zero attached hydrogens (tertiary/aromatic N) is 3. The molecule has 2 aromatic heterocycles. The maximum absolute atomic E-state index is 9.51. The van der Waals surface area contributed by atoms with Gasteiger partial charge in [0.25, 0.3) is 0 Å². The first-order valence-electron chi connectivity index (χ1n) is 8.90. The molecule has 2 atom stereocenters. The Balaban J connectivity index is 1.80. The van der Waals surface area contributed by atoms with Gasteiger partial charge in [-0.1, -0.05) is 23.7 Å². The lowest BCUT2D eigenvalue weighted by atomic mass is 10.0. The molecule has 0 amide bonds. The Kier molecular flexibility index (Phi) is 6.44. The van der Waals surface area contributed by atoms with E-state index in [1.807, 2.05) is 30.3 Å². The second kappa shape index (κ2) is 8.99. The van der Waals surface area contributed by atoms with E-state index in [-0.39, 0.29) is 12.1 Å². The van der Waals surface area contributed by atoms with E-state index in [4.69, 9.17) is 21.1 Å². The molecule has 1 aromatic carbocycles. The van der Waals surface area contributed by atoms with Crippen molar-refractivity contribution >= 4 is 11.6 Å². The molecule has 28 heavy (non-hydrogen) atoms. The van der Waals surface area contributed by atoms with E-state index in [9.17, 15) is 5.11 Å². The van der Waals surface area contributed by atoms with Crippen LogP contribution in [-0.2, 0) is 6.42 Å². The highest BCUT2D eigenvalue weighted by Crippen LogP contribution is 2.31. The molecular weight excluding hydrogens is 378 g/mol. The molecule has 0 radical (unpaired) electrons. The summed E-state index contributed by atoms with van der Waals surface area (Å²) in [5.41, 5.74) is 3.71. The van der Waals surface area contributed by atoms with Crippen LogP contribution in [0.25, 0.3) is 11.1 Å². The topological polar surface area (TPSA) is 77.4 Å². The predicted octanol–water partition coefficient (Wildman–Crippen LogP) is 3.94. The Hall–Kier alpha value is -2.70. The lowest BCUT2D eigenvalue weighted by Crippen LogP contribution is -2.26. The van der Waals surface area contributed by atoms with Crippen LogP contribution in [0.5, 0.6) is 11.9 Å². The number of benzene rings is 1. The molecule has 7 heteroatoms. The second-order valence-corrected chi connectivity index (χ2v) is 6.96. The summed E-state index contributed by atoms with van der Waals surface area (Å²) < 4.78 is 10.9. The number of aromatic nitrogens is 3. The Bertz CT molecular complexity index is 932. The number of rotatable bonds is 7. The average molecular weight is 400 g/mol. The van der Waals surface area contributed by atoms with Crippen LogP contribution in [0.4, 0.5) is 0 Å². The molecule has 2 unspecified atom stereocenters. The molecule has 3 rings (SSSR count). The number of aliphatic hydroxyl groups is 1. The van der Waals surface area contributed by atoms with E-state index < -0.39 is 6.10 Å². The Morgan fingerprint density at radius 1 is 1.04 bits per heavy atom. The minimum Gasteiger partial charge on any atom is -0.481 e. The highest BCUT2D eigenvalue weighted by Gasteiger charge is 2.13. The quantitative estimate of drug-likeness (QED) is 0.648. The van der Waals surface area contributed by atoms with Gasteiger partial charge in [-0.3, -0.25) is 0 Å². The van der Waals surface area contributed by atoms with E-state index >= 15 is 0 Å². The molecule has 0 saturated heterocycles. The monoisotopic (exact) mass is 399 g/mol. The van der Waals surface area contributed by atoms with Crippen molar-refractivity contribution in [2.24, 2.45) is 0 Å². The van der Waals surface area contributed by atoms with Crippen molar-refractivity contribution < 1.29 is 14.6 Å². The van der Waals surface area contributed by atoms with Gasteiger partial charge in [0.2, 0.25) is 5.88 Å². The third-order valence-corrected chi connectivity index (χ3v) is 4.53. The van der Waals surface area contributed by atoms with Crippen LogP contribution in [0.1, 0.15) is 25.0 Å². The second-order valence-electron chi connectivity index (χ2n) is 6.52. The maximum Gasteiger partial charge on any atom is 0.316 e. The summed E-state index contributed by atoms with van der Waals surface area (Å²) in [6, 6.07) is 9.83. The summed E-state index contributed by atoms with van der Waals surface area (Å²) in [4.78, 5) is 12.8. The Morgan fingerprint density at radius 2 is 1.75 bits per heavy atom. The molecule has 2 heterocycles. The molecule has 3 aromatic rings. The minimum absolute atomic E-state index is 0.240. The van der Waals surface area contributed by atoms with Crippen LogP contribution < -0.4 is 9.47 Å². The normalized spacial score (nSPS) is 13.0. The summed E-state index contributed by atoms with van der Waals surface area (Å²) in [6.07, 6.45) is 4.82. The van der Waals surface area contributed by atoms with Crippen molar-refractivity contribution in [2.45, 2.75) is 32.5 Å². The van der Waals surface area contributed by atoms with Gasteiger partial charge in [-0.25, -0.2) is 15.0 Å². The molecule has 0 saturated carbocycles. The number of pyridine rings is 1. The zero-order valence-corrected chi connectivity index (χ0v) is 16.7. The number of hydrogen-bond donors (Lipinski definition) is 1. The highest BCUT2D eigenvalue weighted by molar-refractivity contribution is 6.30. The fourth-order valence-corrected chi connectivity index (χ4v) is 2.80. The summed E-state index contributed by atoms with van der Waals surface area (Å²) in [5, 5.41) is 10.2. The van der Waals surface area contributed by atoms with Crippen LogP contribution in [0.15, 0.2) is 48.9 Å². The largest absolute Gasteiger partial charge is 0.481 e. The van der Waals surface area contributed by atoms with E-state index in [1.54, 1.807) is 39.5 Å². The van der Waals surface area contributed by atoms with Gasteiger partial charge in [0.15, 0.2) is 0 Å². The van der Waals surface area contributed by atoms with Gasteiger partial charge >= 0.3 is 6.01 Å². The van der Waals surface area contributed by atoms with E-state index in [0.29, 0.717) is 17.3 Å². The third-order valence-electron chi connectivity index (χ3n) is 4.30. The van der Waals surface area contributed by atoms with Crippen LogP contribution in [0.2, 0.25) is 5.02 Å². The zero-order valence-electron chi connectivity index (χ0n) is 16.0. The minimum atomic E-state index is -0.599. The molecule has 0 bridgehead atoms. The molecule has 0 aliphatic carbocycles. The molecule has 1 N–H and O–H groups in total. The zero-order chi connectivity index (χ0) is 20.1. The van der Waals surface area contributed by atoms with Crippen molar-refractivity contribution in [3.8, 4) is 23.0 Å². The molecule has 0 fully saturated rings. The van der Waals surface area contributed by atoms with Crippen molar-refractivity contribution in [3.63, 3.8) is 0 Å². The van der Waals surface area contributed by atoms with E-state index in [1.165, 1.54) is 0 Å². The van der Waals surface area contributed by atoms with Crippen LogP contribution >= 0.6 is 11.6 Å². The van der Waals surface area contributed by atoms with Crippen molar-refractivity contribution in [1.29, 1.82) is 0 Å². The van der Waals surface area contributed by atoms with Crippen molar-refractivity contribution in [3.05, 3.63) is 65.1 Å². The Morgan fingerprint density at radius 3 is 2.39 bits per heavy atom. The van der Waals surface area contributed by atoms with Crippen LogP contribution in [0, 0.1) is 0 Å². The Labute approximate surface area is 169 Å². The summed E-state index contributed by atoms with van der Waals surface area (Å²) in [7, 11) is 1.59. The fourth-order valence-electron chi connectivity index (χ4n) is 2.61. The van der Waals surface area contributed by atoms with Gasteiger partial charge in [-0.05, 0) is 48.7 Å². The number of halogens is 1. The lowest BCUT2D eigenvalue weighted by Gasteiger charge is -2.15. The standard InChI is InChI=1S/C21H22ClN3O3/c1-13(26)14(2)28-21-24-11-16(12-25-21)7-15-8-19(20(27-3)23-10-15)17-5-4-6-18(22)9-17/h4-6,8-14,26H,7H2,1-3H3. The summed E-state index contributed by atoms with van der Waals surface area (Å²) >= 11 is 6.12. The van der Waals surface area contributed by atoms with Crippen LogP contribution in [0.3, 0.4) is 0 Å². The molecule has 0 spiro atoms. The third kappa shape index (κ3) is 4.97. The average Bonchev–Trinajstić information content (AvgIpc) is 2.69. The van der Waals surface area contributed by atoms with Gasteiger partial charge in [-0.2, -0.15) is 0 Å². The number of aliphatic hydroxyl groups excluding tert-OH is 1. The SMILES string of the molecule is COc1ncc(Cc2cnc(OC(C)C(C)O)nc2)cc1-c1cccc(Cl)c1. The fraction of sp³-hybridized carbons (Fsp3) is 0.286. The molecule has 0 aliphatic rings. The first-order chi connectivity index (χ1) is 13.5. The molecule has 0 aliphatic heterocycles. The summed E-state index contributed by atoms with van der Waals surface area (Å²) in [6.45, 7) is 3.43. The van der Waals surface area contributed by atoms with Crippen molar-refractivity contribution in [1.82, 2.24) is 15.0 Å². The lowest BCUT2D eigenvalue weighted by molar-refractivity contribution is 0.0541. The molecule has 146 valence electrons. The maximum atomic E-state index is 9.51. The van der Waals surface area contributed by atoms with Gasteiger partial charge in [0.1, 0.15) is 6.10 Å². The van der Waals surface area contributed by atoms with Crippen molar-refractivity contribution in [2.75, 3.05) is 7.11 Å². The first kappa shape index (κ1) is 20.0. The van der Waals surface area contributed by atoms with Gasteiger partial charge in [-0.15, -0.1) is 0 Å². The molecule has 6 nitrogen and oxygen atoms in total. The van der Waals surface area contributed by atoms with Gasteiger partial charge < -0.3 is 14.6 Å². The van der Waals surface area contributed by atoms with Gasteiger partial charge in [0.05, 0.1) is 13.2 Å². The van der Waals surface area contributed by atoms with E-state index in [0.717, 1.165) is 22.3 Å². The van der Waals surface area contributed by atoms with Crippen LogP contribution in [-0.4, -0.2) is 39.4 Å². The highest BCUT2D eigenvalue weighted by atomic mass is 35.5. The number of methoxy groups -OCH3 is 1. The van der Waals surface area contributed by atoms with E-state index in [2.05, 4.69) is 15.0 Å². The number of ether oxygens (including phenoxy) is 2.